The number of hydrogen-bond donors (Lipinski definition) is 0. The Morgan fingerprint density at radius 3 is 2.37 bits per heavy atom. The monoisotopic (exact) mass is 419 g/mol. The Labute approximate surface area is 183 Å². The zero-order chi connectivity index (χ0) is 20.9. The predicted molar refractivity (Wildman–Crippen MR) is 123 cm³/mol. The molecule has 30 heavy (non-hydrogen) atoms. The Morgan fingerprint density at radius 2 is 1.63 bits per heavy atom. The third-order valence-corrected chi connectivity index (χ3v) is 5.85. The van der Waals surface area contributed by atoms with Crippen molar-refractivity contribution in [3.8, 4) is 16.9 Å². The molecule has 0 saturated carbocycles. The molecule has 0 unspecified atom stereocenters. The second-order valence-corrected chi connectivity index (χ2v) is 8.39. The minimum atomic E-state index is 0.0863. The second-order valence-electron chi connectivity index (χ2n) is 7.96. The third-order valence-electron chi connectivity index (χ3n) is 5.59. The van der Waals surface area contributed by atoms with E-state index in [4.69, 9.17) is 16.3 Å². The fourth-order valence-corrected chi connectivity index (χ4v) is 3.95. The molecule has 0 atom stereocenters. The molecule has 0 aliphatic carbocycles. The van der Waals surface area contributed by atoms with E-state index in [9.17, 15) is 4.79 Å². The molecule has 1 aliphatic rings. The molecule has 3 aromatic rings. The minimum absolute atomic E-state index is 0.0863. The van der Waals surface area contributed by atoms with Gasteiger partial charge in [-0.15, -0.1) is 0 Å². The minimum Gasteiger partial charge on any atom is -0.490 e. The van der Waals surface area contributed by atoms with Gasteiger partial charge in [0.25, 0.3) is 0 Å². The highest BCUT2D eigenvalue weighted by Gasteiger charge is 2.18. The number of Topliss-reactive ketones (excluding diaryl/α,β-unsaturated/α-hetero) is 1. The summed E-state index contributed by atoms with van der Waals surface area (Å²) in [4.78, 5) is 14.9. The molecular weight excluding hydrogens is 394 g/mol. The van der Waals surface area contributed by atoms with Crippen molar-refractivity contribution in [1.82, 2.24) is 4.90 Å². The average molecular weight is 420 g/mol. The van der Waals surface area contributed by atoms with Gasteiger partial charge in [0.2, 0.25) is 0 Å². The number of carbonyl (C=O) groups excluding carboxylic acids is 1. The molecule has 0 aromatic heterocycles. The van der Waals surface area contributed by atoms with Crippen molar-refractivity contribution in [2.75, 3.05) is 20.1 Å². The van der Waals surface area contributed by atoms with E-state index in [0.717, 1.165) is 48.4 Å². The Hall–Kier alpha value is -2.62. The van der Waals surface area contributed by atoms with Crippen molar-refractivity contribution in [2.45, 2.75) is 25.4 Å². The van der Waals surface area contributed by atoms with Gasteiger partial charge in [-0.25, -0.2) is 0 Å². The van der Waals surface area contributed by atoms with Crippen LogP contribution in [0.5, 0.6) is 5.75 Å². The largest absolute Gasteiger partial charge is 0.490 e. The van der Waals surface area contributed by atoms with E-state index in [1.165, 1.54) is 0 Å². The lowest BCUT2D eigenvalue weighted by Gasteiger charge is -2.29. The number of benzene rings is 3. The van der Waals surface area contributed by atoms with Gasteiger partial charge in [-0.1, -0.05) is 48.0 Å². The van der Waals surface area contributed by atoms with E-state index in [-0.39, 0.29) is 11.9 Å². The first kappa shape index (κ1) is 20.6. The van der Waals surface area contributed by atoms with E-state index in [1.54, 1.807) is 24.3 Å². The van der Waals surface area contributed by atoms with Crippen LogP contribution in [0.3, 0.4) is 0 Å². The lowest BCUT2D eigenvalue weighted by atomic mass is 9.98. The smallest absolute Gasteiger partial charge is 0.167 e. The maximum absolute atomic E-state index is 12.6. The first-order valence-corrected chi connectivity index (χ1v) is 10.8. The number of hydrogen-bond acceptors (Lipinski definition) is 3. The quantitative estimate of drug-likeness (QED) is 0.465. The van der Waals surface area contributed by atoms with Crippen molar-refractivity contribution < 1.29 is 9.53 Å². The highest BCUT2D eigenvalue weighted by Crippen LogP contribution is 2.27. The first-order valence-electron chi connectivity index (χ1n) is 10.4. The second kappa shape index (κ2) is 9.46. The molecule has 0 radical (unpaired) electrons. The van der Waals surface area contributed by atoms with Crippen LogP contribution in [0.1, 0.15) is 28.8 Å². The van der Waals surface area contributed by atoms with Crippen LogP contribution in [0.4, 0.5) is 0 Å². The molecule has 3 aromatic carbocycles. The fraction of sp³-hybridized carbons (Fsp3) is 0.269. The summed E-state index contributed by atoms with van der Waals surface area (Å²) in [5.74, 6) is 0.993. The molecule has 0 amide bonds. The van der Waals surface area contributed by atoms with E-state index in [1.807, 2.05) is 24.3 Å². The molecule has 0 N–H and O–H groups in total. The molecule has 4 heteroatoms. The zero-order valence-electron chi connectivity index (χ0n) is 17.2. The van der Waals surface area contributed by atoms with Gasteiger partial charge in [0.05, 0.1) is 0 Å². The van der Waals surface area contributed by atoms with Crippen LogP contribution in [0.2, 0.25) is 5.02 Å². The maximum Gasteiger partial charge on any atom is 0.167 e. The molecule has 3 nitrogen and oxygen atoms in total. The van der Waals surface area contributed by atoms with E-state index < -0.39 is 0 Å². The summed E-state index contributed by atoms with van der Waals surface area (Å²) in [6.07, 6.45) is 2.76. The fourth-order valence-electron chi connectivity index (χ4n) is 3.83. The molecule has 4 rings (SSSR count). The number of nitrogens with zero attached hydrogens (tertiary/aromatic N) is 1. The van der Waals surface area contributed by atoms with Gasteiger partial charge in [-0.3, -0.25) is 4.79 Å². The Bertz CT molecular complexity index is 1010. The van der Waals surface area contributed by atoms with Crippen molar-refractivity contribution in [3.63, 3.8) is 0 Å². The van der Waals surface area contributed by atoms with Gasteiger partial charge in [0.15, 0.2) is 5.78 Å². The lowest BCUT2D eigenvalue weighted by Crippen LogP contribution is -2.35. The van der Waals surface area contributed by atoms with E-state index >= 15 is 0 Å². The standard InChI is InChI=1S/C26H26ClNO2/c1-28-14-12-24(13-15-28)30-25-7-3-6-22(18-25)21-5-2-4-19(16-21)17-26(29)20-8-10-23(27)11-9-20/h2-11,16,18,24H,12-15,17H2,1H3. The van der Waals surface area contributed by atoms with Crippen LogP contribution in [0.25, 0.3) is 11.1 Å². The Morgan fingerprint density at radius 1 is 0.967 bits per heavy atom. The van der Waals surface area contributed by atoms with E-state index in [2.05, 4.69) is 36.2 Å². The summed E-state index contributed by atoms with van der Waals surface area (Å²) in [6, 6.07) is 23.5. The highest BCUT2D eigenvalue weighted by molar-refractivity contribution is 6.30. The SMILES string of the molecule is CN1CCC(Oc2cccc(-c3cccc(CC(=O)c4ccc(Cl)cc4)c3)c2)CC1. The summed E-state index contributed by atoms with van der Waals surface area (Å²) in [5, 5.41) is 0.635. The number of ether oxygens (including phenoxy) is 1. The van der Waals surface area contributed by atoms with Crippen LogP contribution < -0.4 is 4.74 Å². The average Bonchev–Trinajstić information content (AvgIpc) is 2.76. The topological polar surface area (TPSA) is 29.5 Å². The summed E-state index contributed by atoms with van der Waals surface area (Å²) in [6.45, 7) is 2.15. The zero-order valence-corrected chi connectivity index (χ0v) is 17.9. The number of piperidine rings is 1. The summed E-state index contributed by atoms with van der Waals surface area (Å²) >= 11 is 5.92. The van der Waals surface area contributed by atoms with Crippen LogP contribution >= 0.6 is 11.6 Å². The number of rotatable bonds is 6. The normalized spacial score (nSPS) is 15.1. The van der Waals surface area contributed by atoms with E-state index in [0.29, 0.717) is 17.0 Å². The number of carbonyl (C=O) groups is 1. The van der Waals surface area contributed by atoms with Crippen LogP contribution in [0.15, 0.2) is 72.8 Å². The predicted octanol–water partition coefficient (Wildman–Crippen LogP) is 5.91. The molecule has 0 spiro atoms. The molecular formula is C26H26ClNO2. The highest BCUT2D eigenvalue weighted by atomic mass is 35.5. The van der Waals surface area contributed by atoms with Gasteiger partial charge < -0.3 is 9.64 Å². The van der Waals surface area contributed by atoms with Gasteiger partial charge in [-0.2, -0.15) is 0 Å². The van der Waals surface area contributed by atoms with Gasteiger partial charge in [-0.05, 0) is 73.0 Å². The summed E-state index contributed by atoms with van der Waals surface area (Å²) in [5.41, 5.74) is 3.86. The molecule has 1 heterocycles. The Kier molecular flexibility index (Phi) is 6.51. The van der Waals surface area contributed by atoms with Gasteiger partial charge in [0, 0.05) is 30.1 Å². The number of ketones is 1. The third kappa shape index (κ3) is 5.29. The molecule has 154 valence electrons. The molecule has 1 aliphatic heterocycles. The van der Waals surface area contributed by atoms with Crippen molar-refractivity contribution >= 4 is 17.4 Å². The van der Waals surface area contributed by atoms with Gasteiger partial charge in [0.1, 0.15) is 11.9 Å². The van der Waals surface area contributed by atoms with Crippen molar-refractivity contribution in [3.05, 3.63) is 88.9 Å². The van der Waals surface area contributed by atoms with Gasteiger partial charge >= 0.3 is 0 Å². The van der Waals surface area contributed by atoms with Crippen LogP contribution in [0, 0.1) is 0 Å². The molecule has 0 bridgehead atoms. The van der Waals surface area contributed by atoms with Crippen LogP contribution in [-0.2, 0) is 6.42 Å². The maximum atomic E-state index is 12.6. The van der Waals surface area contributed by atoms with Crippen molar-refractivity contribution in [1.29, 1.82) is 0 Å². The molecule has 1 saturated heterocycles. The summed E-state index contributed by atoms with van der Waals surface area (Å²) < 4.78 is 6.24. The number of likely N-dealkylation sites (tertiary alicyclic amines) is 1. The van der Waals surface area contributed by atoms with Crippen LogP contribution in [-0.4, -0.2) is 36.9 Å². The Balaban J connectivity index is 1.47. The molecule has 1 fully saturated rings. The lowest BCUT2D eigenvalue weighted by molar-refractivity contribution is 0.0993. The van der Waals surface area contributed by atoms with Crippen molar-refractivity contribution in [2.24, 2.45) is 0 Å². The summed E-state index contributed by atoms with van der Waals surface area (Å²) in [7, 11) is 2.15. The first-order chi connectivity index (χ1) is 14.6. The number of halogens is 1.